The van der Waals surface area contributed by atoms with Gasteiger partial charge in [0.25, 0.3) is 0 Å². The van der Waals surface area contributed by atoms with E-state index < -0.39 is 0 Å². The van der Waals surface area contributed by atoms with Crippen molar-refractivity contribution in [3.05, 3.63) is 29.8 Å². The first-order valence-electron chi connectivity index (χ1n) is 2.62. The zero-order valence-corrected chi connectivity index (χ0v) is 7.84. The highest BCUT2D eigenvalue weighted by Gasteiger charge is 1.84. The van der Waals surface area contributed by atoms with E-state index >= 15 is 0 Å². The SMILES string of the molecule is Cc1ccccc1N.Cl.Cl.O. The molecule has 0 aliphatic heterocycles. The van der Waals surface area contributed by atoms with Crippen LogP contribution in [0.2, 0.25) is 0 Å². The molecule has 66 valence electrons. The summed E-state index contributed by atoms with van der Waals surface area (Å²) in [5, 5.41) is 0. The van der Waals surface area contributed by atoms with Crippen LogP contribution in [0.25, 0.3) is 0 Å². The number of para-hydroxylation sites is 1. The average Bonchev–Trinajstić information content (AvgIpc) is 1.77. The van der Waals surface area contributed by atoms with Crippen molar-refractivity contribution in [2.24, 2.45) is 0 Å². The van der Waals surface area contributed by atoms with Crippen molar-refractivity contribution in [2.45, 2.75) is 6.92 Å². The molecule has 0 saturated heterocycles. The van der Waals surface area contributed by atoms with E-state index in [2.05, 4.69) is 0 Å². The Hall–Kier alpha value is -0.440. The molecule has 4 N–H and O–H groups in total. The topological polar surface area (TPSA) is 57.5 Å². The van der Waals surface area contributed by atoms with Gasteiger partial charge >= 0.3 is 0 Å². The summed E-state index contributed by atoms with van der Waals surface area (Å²) in [5.74, 6) is 0. The van der Waals surface area contributed by atoms with Crippen molar-refractivity contribution in [1.29, 1.82) is 0 Å². The Bertz CT molecular complexity index is 173. The highest BCUT2D eigenvalue weighted by atomic mass is 35.5. The number of anilines is 1. The van der Waals surface area contributed by atoms with Crippen LogP contribution in [0, 0.1) is 6.92 Å². The van der Waals surface area contributed by atoms with E-state index in [0.717, 1.165) is 11.3 Å². The van der Waals surface area contributed by atoms with Crippen molar-refractivity contribution < 1.29 is 5.48 Å². The van der Waals surface area contributed by atoms with Gasteiger partial charge in [-0.1, -0.05) is 18.2 Å². The number of aryl methyl sites for hydroxylation is 1. The molecule has 0 unspecified atom stereocenters. The van der Waals surface area contributed by atoms with E-state index in [1.54, 1.807) is 0 Å². The predicted molar refractivity (Wildman–Crippen MR) is 53.7 cm³/mol. The Balaban J connectivity index is -0.000000213. The molecule has 0 spiro atoms. The van der Waals surface area contributed by atoms with E-state index in [1.165, 1.54) is 0 Å². The fourth-order valence-corrected chi connectivity index (χ4v) is 0.587. The van der Waals surface area contributed by atoms with Crippen LogP contribution in [0.5, 0.6) is 0 Å². The second-order valence-electron chi connectivity index (χ2n) is 1.86. The van der Waals surface area contributed by atoms with E-state index in [1.807, 2.05) is 31.2 Å². The zero-order chi connectivity index (χ0) is 5.98. The fourth-order valence-electron chi connectivity index (χ4n) is 0.587. The molecule has 0 heterocycles. The standard InChI is InChI=1S/C7H9N.2ClH.H2O/c1-6-4-2-3-5-7(6)8;;;/h2-5H,8H2,1H3;2*1H;1H2. The van der Waals surface area contributed by atoms with Gasteiger partial charge < -0.3 is 11.2 Å². The number of hydrogen-bond acceptors (Lipinski definition) is 1. The highest BCUT2D eigenvalue weighted by Crippen LogP contribution is 2.06. The first-order chi connectivity index (χ1) is 3.80. The normalized spacial score (nSPS) is 6.64. The number of nitrogen functional groups attached to an aromatic ring is 1. The van der Waals surface area contributed by atoms with E-state index in [-0.39, 0.29) is 30.3 Å². The highest BCUT2D eigenvalue weighted by molar-refractivity contribution is 5.85. The largest absolute Gasteiger partial charge is 0.412 e. The van der Waals surface area contributed by atoms with Crippen molar-refractivity contribution in [1.82, 2.24) is 0 Å². The molecule has 0 aromatic heterocycles. The lowest BCUT2D eigenvalue weighted by molar-refractivity contribution is 0.824. The third-order valence-electron chi connectivity index (χ3n) is 1.19. The zero-order valence-electron chi connectivity index (χ0n) is 6.20. The Kier molecular flexibility index (Phi) is 11.8. The molecule has 1 aromatic carbocycles. The van der Waals surface area contributed by atoms with Crippen LogP contribution in [-0.4, -0.2) is 5.48 Å². The smallest absolute Gasteiger partial charge is 0.0343 e. The van der Waals surface area contributed by atoms with Gasteiger partial charge in [0.05, 0.1) is 0 Å². The van der Waals surface area contributed by atoms with Crippen LogP contribution in [-0.2, 0) is 0 Å². The van der Waals surface area contributed by atoms with Crippen molar-refractivity contribution in [3.63, 3.8) is 0 Å². The van der Waals surface area contributed by atoms with E-state index in [4.69, 9.17) is 5.73 Å². The third-order valence-corrected chi connectivity index (χ3v) is 1.19. The average molecular weight is 198 g/mol. The number of benzene rings is 1. The minimum Gasteiger partial charge on any atom is -0.412 e. The lowest BCUT2D eigenvalue weighted by Crippen LogP contribution is -1.85. The van der Waals surface area contributed by atoms with Gasteiger partial charge in [-0.2, -0.15) is 0 Å². The molecule has 0 aliphatic carbocycles. The second kappa shape index (κ2) is 7.66. The molecule has 1 rings (SSSR count). The maximum Gasteiger partial charge on any atom is 0.0343 e. The molecule has 0 radical (unpaired) electrons. The van der Waals surface area contributed by atoms with Crippen LogP contribution >= 0.6 is 24.8 Å². The Morgan fingerprint density at radius 2 is 1.55 bits per heavy atom. The Morgan fingerprint density at radius 1 is 1.09 bits per heavy atom. The molecule has 2 nitrogen and oxygen atoms in total. The molecular weight excluding hydrogens is 185 g/mol. The van der Waals surface area contributed by atoms with Gasteiger partial charge in [-0.05, 0) is 18.6 Å². The molecule has 0 atom stereocenters. The molecule has 11 heavy (non-hydrogen) atoms. The Morgan fingerprint density at radius 3 is 1.82 bits per heavy atom. The van der Waals surface area contributed by atoms with Gasteiger partial charge in [-0.15, -0.1) is 24.8 Å². The summed E-state index contributed by atoms with van der Waals surface area (Å²) >= 11 is 0. The fraction of sp³-hybridized carbons (Fsp3) is 0.143. The van der Waals surface area contributed by atoms with Crippen LogP contribution in [0.15, 0.2) is 24.3 Å². The molecular formula is C7H13Cl2NO. The molecule has 4 heteroatoms. The summed E-state index contributed by atoms with van der Waals surface area (Å²) in [7, 11) is 0. The lowest BCUT2D eigenvalue weighted by Gasteiger charge is -1.93. The van der Waals surface area contributed by atoms with Crippen molar-refractivity contribution in [2.75, 3.05) is 5.73 Å². The number of nitrogens with two attached hydrogens (primary N) is 1. The summed E-state index contributed by atoms with van der Waals surface area (Å²) in [4.78, 5) is 0. The maximum atomic E-state index is 5.52. The summed E-state index contributed by atoms with van der Waals surface area (Å²) < 4.78 is 0. The first kappa shape index (κ1) is 16.9. The summed E-state index contributed by atoms with van der Waals surface area (Å²) in [6.07, 6.45) is 0. The van der Waals surface area contributed by atoms with Gasteiger partial charge in [0.2, 0.25) is 0 Å². The van der Waals surface area contributed by atoms with Gasteiger partial charge in [0, 0.05) is 5.69 Å². The lowest BCUT2D eigenvalue weighted by atomic mass is 10.2. The monoisotopic (exact) mass is 197 g/mol. The van der Waals surface area contributed by atoms with Gasteiger partial charge in [0.1, 0.15) is 0 Å². The molecule has 1 aromatic rings. The third kappa shape index (κ3) is 4.90. The molecule has 0 amide bonds. The summed E-state index contributed by atoms with van der Waals surface area (Å²) in [6, 6.07) is 7.80. The molecule has 0 saturated carbocycles. The molecule has 0 bridgehead atoms. The minimum absolute atomic E-state index is 0. The van der Waals surface area contributed by atoms with Crippen LogP contribution in [0.4, 0.5) is 5.69 Å². The maximum absolute atomic E-state index is 5.52. The quantitative estimate of drug-likeness (QED) is 0.632. The summed E-state index contributed by atoms with van der Waals surface area (Å²) in [5.41, 5.74) is 7.53. The van der Waals surface area contributed by atoms with Gasteiger partial charge in [0.15, 0.2) is 0 Å². The van der Waals surface area contributed by atoms with Crippen molar-refractivity contribution >= 4 is 30.5 Å². The summed E-state index contributed by atoms with van der Waals surface area (Å²) in [6.45, 7) is 2.00. The minimum atomic E-state index is 0. The second-order valence-corrected chi connectivity index (χ2v) is 1.86. The predicted octanol–water partition coefficient (Wildman–Crippen LogP) is 1.60. The molecule has 0 aliphatic rings. The molecule has 0 fully saturated rings. The number of hydrogen-bond donors (Lipinski definition) is 1. The Labute approximate surface area is 78.9 Å². The van der Waals surface area contributed by atoms with Crippen molar-refractivity contribution in [3.8, 4) is 0 Å². The van der Waals surface area contributed by atoms with Gasteiger partial charge in [-0.25, -0.2) is 0 Å². The van der Waals surface area contributed by atoms with E-state index in [9.17, 15) is 0 Å². The number of rotatable bonds is 0. The van der Waals surface area contributed by atoms with Crippen LogP contribution < -0.4 is 5.73 Å². The van der Waals surface area contributed by atoms with E-state index in [0.29, 0.717) is 0 Å². The number of halogens is 2. The van der Waals surface area contributed by atoms with Gasteiger partial charge in [-0.3, -0.25) is 0 Å². The van der Waals surface area contributed by atoms with Crippen LogP contribution in [0.1, 0.15) is 5.56 Å². The van der Waals surface area contributed by atoms with Crippen LogP contribution in [0.3, 0.4) is 0 Å². The first-order valence-corrected chi connectivity index (χ1v) is 2.62.